The fourth-order valence-corrected chi connectivity index (χ4v) is 5.55. The zero-order chi connectivity index (χ0) is 23.8. The lowest BCUT2D eigenvalue weighted by Crippen LogP contribution is -2.49. The first-order valence-corrected chi connectivity index (χ1v) is 13.0. The summed E-state index contributed by atoms with van der Waals surface area (Å²) in [6.07, 6.45) is 4.84. The molecular weight excluding hydrogens is 458 g/mol. The van der Waals surface area contributed by atoms with Crippen molar-refractivity contribution in [1.82, 2.24) is 29.7 Å². The third-order valence-electron chi connectivity index (χ3n) is 7.00. The van der Waals surface area contributed by atoms with Gasteiger partial charge in [-0.15, -0.1) is 11.3 Å². The Morgan fingerprint density at radius 2 is 2.00 bits per heavy atom. The van der Waals surface area contributed by atoms with Gasteiger partial charge in [0.1, 0.15) is 5.65 Å². The molecule has 2 aliphatic heterocycles. The van der Waals surface area contributed by atoms with Crippen molar-refractivity contribution in [2.75, 3.05) is 58.2 Å². The molecule has 0 atom stereocenters. The number of carbonyl (C=O) groups excluding carboxylic acids is 1. The van der Waals surface area contributed by atoms with E-state index in [9.17, 15) is 4.79 Å². The van der Waals surface area contributed by atoms with Gasteiger partial charge in [-0.05, 0) is 49.4 Å². The number of benzene rings is 1. The zero-order valence-corrected chi connectivity index (χ0v) is 20.6. The van der Waals surface area contributed by atoms with E-state index in [1.54, 1.807) is 11.3 Å². The molecule has 4 aromatic rings. The molecule has 1 fully saturated rings. The van der Waals surface area contributed by atoms with Gasteiger partial charge in [0.2, 0.25) is 5.91 Å². The number of hydrogen-bond donors (Lipinski definition) is 2. The van der Waals surface area contributed by atoms with Crippen LogP contribution >= 0.6 is 11.3 Å². The molecule has 5 heterocycles. The summed E-state index contributed by atoms with van der Waals surface area (Å²) in [7, 11) is 2.14. The number of amides is 1. The molecule has 3 aromatic heterocycles. The van der Waals surface area contributed by atoms with Crippen LogP contribution < -0.4 is 5.32 Å². The maximum absolute atomic E-state index is 12.8. The minimum absolute atomic E-state index is 0.229. The summed E-state index contributed by atoms with van der Waals surface area (Å²) in [4.78, 5) is 31.8. The van der Waals surface area contributed by atoms with E-state index in [4.69, 9.17) is 0 Å². The lowest BCUT2D eigenvalue weighted by molar-refractivity contribution is -0.132. The SMILES string of the molecule is CN1CCN(CC(=O)N2CC=C(c3cc4c(Nc5ccc6ncsc6c5)ccnc4[nH]3)CC2)CC1. The molecular formula is C26H29N7OS. The Morgan fingerprint density at radius 1 is 1.11 bits per heavy atom. The molecule has 6 rings (SSSR count). The predicted octanol–water partition coefficient (Wildman–Crippen LogP) is 3.78. The second-order valence-corrected chi connectivity index (χ2v) is 10.2. The van der Waals surface area contributed by atoms with Crippen LogP contribution in [-0.4, -0.2) is 88.4 Å². The first-order valence-electron chi connectivity index (χ1n) is 12.1. The molecule has 2 aliphatic rings. The van der Waals surface area contributed by atoms with Crippen molar-refractivity contribution in [2.24, 2.45) is 0 Å². The standard InChI is InChI=1S/C26H29N7OS/c1-31-10-12-32(13-11-31)16-25(34)33-8-5-18(6-9-33)23-15-20-21(4-7-27-26(20)30-23)29-19-2-3-22-24(14-19)35-17-28-22/h2-5,7,14-15,17H,6,8-13,16H2,1H3,(H2,27,29,30). The molecule has 0 spiro atoms. The van der Waals surface area contributed by atoms with Crippen LogP contribution in [0, 0.1) is 0 Å². The average Bonchev–Trinajstić information content (AvgIpc) is 3.53. The number of carbonyl (C=O) groups is 1. The second-order valence-electron chi connectivity index (χ2n) is 9.36. The van der Waals surface area contributed by atoms with Gasteiger partial charge < -0.3 is 20.1 Å². The Balaban J connectivity index is 1.15. The Bertz CT molecular complexity index is 1400. The van der Waals surface area contributed by atoms with E-state index < -0.39 is 0 Å². The van der Waals surface area contributed by atoms with Crippen LogP contribution in [0.1, 0.15) is 12.1 Å². The number of nitrogens with zero attached hydrogens (tertiary/aromatic N) is 5. The third-order valence-corrected chi connectivity index (χ3v) is 7.80. The van der Waals surface area contributed by atoms with Gasteiger partial charge in [0.15, 0.2) is 0 Å². The van der Waals surface area contributed by atoms with E-state index in [-0.39, 0.29) is 5.91 Å². The van der Waals surface area contributed by atoms with E-state index in [0.29, 0.717) is 13.1 Å². The van der Waals surface area contributed by atoms with Crippen LogP contribution in [0.3, 0.4) is 0 Å². The maximum Gasteiger partial charge on any atom is 0.237 e. The molecule has 1 aromatic carbocycles. The maximum atomic E-state index is 12.8. The summed E-state index contributed by atoms with van der Waals surface area (Å²) in [6.45, 7) is 5.92. The molecule has 180 valence electrons. The van der Waals surface area contributed by atoms with Crippen LogP contribution in [0.5, 0.6) is 0 Å². The fraction of sp³-hybridized carbons (Fsp3) is 0.346. The predicted molar refractivity (Wildman–Crippen MR) is 142 cm³/mol. The number of likely N-dealkylation sites (N-methyl/N-ethyl adjacent to an activating group) is 1. The largest absolute Gasteiger partial charge is 0.355 e. The van der Waals surface area contributed by atoms with Gasteiger partial charge in [0.25, 0.3) is 0 Å². The average molecular weight is 488 g/mol. The first kappa shape index (κ1) is 22.2. The lowest BCUT2D eigenvalue weighted by atomic mass is 10.0. The van der Waals surface area contributed by atoms with Crippen LogP contribution in [-0.2, 0) is 4.79 Å². The van der Waals surface area contributed by atoms with Crippen molar-refractivity contribution >= 4 is 55.4 Å². The summed E-state index contributed by atoms with van der Waals surface area (Å²) in [6, 6.07) is 10.4. The van der Waals surface area contributed by atoms with Crippen LogP contribution in [0.2, 0.25) is 0 Å². The van der Waals surface area contributed by atoms with Crippen molar-refractivity contribution in [3.8, 4) is 0 Å². The molecule has 0 bridgehead atoms. The van der Waals surface area contributed by atoms with Gasteiger partial charge in [-0.25, -0.2) is 9.97 Å². The number of anilines is 2. The summed E-state index contributed by atoms with van der Waals surface area (Å²) < 4.78 is 1.16. The number of piperazine rings is 1. The zero-order valence-electron chi connectivity index (χ0n) is 19.8. The van der Waals surface area contributed by atoms with Crippen molar-refractivity contribution in [3.63, 3.8) is 0 Å². The number of fused-ring (bicyclic) bond motifs is 2. The molecule has 1 amide bonds. The highest BCUT2D eigenvalue weighted by atomic mass is 32.1. The molecule has 8 nitrogen and oxygen atoms in total. The monoisotopic (exact) mass is 487 g/mol. The number of nitrogens with one attached hydrogen (secondary N) is 2. The highest BCUT2D eigenvalue weighted by Crippen LogP contribution is 2.31. The number of aromatic nitrogens is 3. The molecule has 2 N–H and O–H groups in total. The summed E-state index contributed by atoms with van der Waals surface area (Å²) >= 11 is 1.64. The number of pyridine rings is 1. The van der Waals surface area contributed by atoms with Crippen molar-refractivity contribution in [3.05, 3.63) is 53.8 Å². The molecule has 0 saturated carbocycles. The van der Waals surface area contributed by atoms with Crippen molar-refractivity contribution in [1.29, 1.82) is 0 Å². The molecule has 1 saturated heterocycles. The first-order chi connectivity index (χ1) is 17.1. The van der Waals surface area contributed by atoms with E-state index in [1.807, 2.05) is 28.7 Å². The normalized spacial score (nSPS) is 17.7. The number of hydrogen-bond acceptors (Lipinski definition) is 7. The van der Waals surface area contributed by atoms with Gasteiger partial charge in [-0.2, -0.15) is 0 Å². The third kappa shape index (κ3) is 4.67. The number of rotatable bonds is 5. The Hall–Kier alpha value is -3.27. The van der Waals surface area contributed by atoms with Crippen molar-refractivity contribution in [2.45, 2.75) is 6.42 Å². The molecule has 9 heteroatoms. The number of thiazole rings is 1. The quantitative estimate of drug-likeness (QED) is 0.446. The molecule has 0 radical (unpaired) electrons. The van der Waals surface area contributed by atoms with Gasteiger partial charge in [-0.1, -0.05) is 6.08 Å². The minimum atomic E-state index is 0.229. The van der Waals surface area contributed by atoms with Crippen LogP contribution in [0.4, 0.5) is 11.4 Å². The van der Waals surface area contributed by atoms with E-state index >= 15 is 0 Å². The Labute approximate surface area is 208 Å². The Kier molecular flexibility index (Phi) is 5.97. The van der Waals surface area contributed by atoms with Crippen LogP contribution in [0.25, 0.3) is 26.8 Å². The van der Waals surface area contributed by atoms with Crippen molar-refractivity contribution < 1.29 is 4.79 Å². The molecule has 35 heavy (non-hydrogen) atoms. The lowest BCUT2D eigenvalue weighted by Gasteiger charge is -2.34. The van der Waals surface area contributed by atoms with E-state index in [0.717, 1.165) is 77.5 Å². The summed E-state index contributed by atoms with van der Waals surface area (Å²) in [5.74, 6) is 0.229. The van der Waals surface area contributed by atoms with Gasteiger partial charge in [-0.3, -0.25) is 9.69 Å². The van der Waals surface area contributed by atoms with Gasteiger partial charge in [0, 0.05) is 62.2 Å². The number of aromatic amines is 1. The van der Waals surface area contributed by atoms with E-state index in [1.165, 1.54) is 5.57 Å². The van der Waals surface area contributed by atoms with Gasteiger partial charge >= 0.3 is 0 Å². The topological polar surface area (TPSA) is 80.4 Å². The Morgan fingerprint density at radius 3 is 2.83 bits per heavy atom. The summed E-state index contributed by atoms with van der Waals surface area (Å²) in [5, 5.41) is 4.60. The second kappa shape index (κ2) is 9.41. The van der Waals surface area contributed by atoms with Crippen LogP contribution in [0.15, 0.2) is 48.1 Å². The smallest absolute Gasteiger partial charge is 0.237 e. The molecule has 0 aliphatic carbocycles. The fourth-order valence-electron chi connectivity index (χ4n) is 4.83. The molecule has 0 unspecified atom stereocenters. The summed E-state index contributed by atoms with van der Waals surface area (Å²) in [5.41, 5.74) is 8.11. The number of H-pyrrole nitrogens is 1. The highest BCUT2D eigenvalue weighted by Gasteiger charge is 2.23. The van der Waals surface area contributed by atoms with Gasteiger partial charge in [0.05, 0.1) is 28.0 Å². The minimum Gasteiger partial charge on any atom is -0.355 e. The highest BCUT2D eigenvalue weighted by molar-refractivity contribution is 7.16. The van der Waals surface area contributed by atoms with E-state index in [2.05, 4.69) is 61.4 Å².